The van der Waals surface area contributed by atoms with Gasteiger partial charge in [0.1, 0.15) is 11.5 Å². The Hall–Kier alpha value is -3.35. The Balaban J connectivity index is 1.89. The maximum Gasteiger partial charge on any atom is 0.277 e. The van der Waals surface area contributed by atoms with Gasteiger partial charge in [-0.05, 0) is 48.9 Å². The number of methoxy groups -OCH3 is 1. The first-order valence-corrected chi connectivity index (χ1v) is 7.96. The standard InChI is InChI=1S/C19H21N3O4/c1-13(15-5-4-6-16(11-15)20-14(2)23)21-22-19(24)12-26-18-9-7-17(25-3)8-10-18/h4-11H,12H2,1-3H3,(H,20,23)(H,22,24)/b21-13+. The fourth-order valence-electron chi connectivity index (χ4n) is 2.09. The summed E-state index contributed by atoms with van der Waals surface area (Å²) in [6.07, 6.45) is 0. The molecule has 0 unspecified atom stereocenters. The largest absolute Gasteiger partial charge is 0.497 e. The summed E-state index contributed by atoms with van der Waals surface area (Å²) in [5.74, 6) is 0.743. The first kappa shape index (κ1) is 19.0. The van der Waals surface area contributed by atoms with E-state index in [4.69, 9.17) is 9.47 Å². The molecule has 0 aliphatic carbocycles. The molecule has 0 saturated carbocycles. The molecule has 7 nitrogen and oxygen atoms in total. The van der Waals surface area contributed by atoms with E-state index in [2.05, 4.69) is 15.8 Å². The molecule has 0 bridgehead atoms. The zero-order chi connectivity index (χ0) is 18.9. The zero-order valence-electron chi connectivity index (χ0n) is 14.9. The van der Waals surface area contributed by atoms with Crippen molar-refractivity contribution >= 4 is 23.2 Å². The Bertz CT molecular complexity index is 801. The molecule has 0 aliphatic heterocycles. The summed E-state index contributed by atoms with van der Waals surface area (Å²) in [5.41, 5.74) is 4.50. The molecule has 2 aromatic carbocycles. The quantitative estimate of drug-likeness (QED) is 0.590. The molecule has 0 aliphatic rings. The summed E-state index contributed by atoms with van der Waals surface area (Å²) in [6.45, 7) is 3.04. The number of amides is 2. The lowest BCUT2D eigenvalue weighted by molar-refractivity contribution is -0.123. The van der Waals surface area contributed by atoms with Crippen LogP contribution in [0.2, 0.25) is 0 Å². The second-order valence-corrected chi connectivity index (χ2v) is 5.46. The average molecular weight is 355 g/mol. The highest BCUT2D eigenvalue weighted by atomic mass is 16.5. The van der Waals surface area contributed by atoms with Crippen LogP contribution in [-0.2, 0) is 9.59 Å². The number of hydrogen-bond acceptors (Lipinski definition) is 5. The van der Waals surface area contributed by atoms with E-state index in [-0.39, 0.29) is 18.4 Å². The SMILES string of the molecule is COc1ccc(OCC(=O)N/N=C(\C)c2cccc(NC(C)=O)c2)cc1. The molecule has 0 atom stereocenters. The molecule has 2 N–H and O–H groups in total. The number of hydrazone groups is 1. The summed E-state index contributed by atoms with van der Waals surface area (Å²) < 4.78 is 10.4. The smallest absolute Gasteiger partial charge is 0.277 e. The van der Waals surface area contributed by atoms with Gasteiger partial charge in [-0.1, -0.05) is 12.1 Å². The fourth-order valence-corrected chi connectivity index (χ4v) is 2.09. The maximum absolute atomic E-state index is 11.9. The lowest BCUT2D eigenvalue weighted by atomic mass is 10.1. The minimum absolute atomic E-state index is 0.152. The van der Waals surface area contributed by atoms with Gasteiger partial charge in [0.15, 0.2) is 6.61 Å². The Morgan fingerprint density at radius 3 is 2.38 bits per heavy atom. The summed E-state index contributed by atoms with van der Waals surface area (Å²) in [6, 6.07) is 14.1. The molecule has 0 heterocycles. The second-order valence-electron chi connectivity index (χ2n) is 5.46. The number of carbonyl (C=O) groups is 2. The minimum Gasteiger partial charge on any atom is -0.497 e. The first-order valence-electron chi connectivity index (χ1n) is 7.96. The lowest BCUT2D eigenvalue weighted by Crippen LogP contribution is -2.25. The lowest BCUT2D eigenvalue weighted by Gasteiger charge is -2.07. The number of benzene rings is 2. The molecule has 0 aromatic heterocycles. The van der Waals surface area contributed by atoms with Crippen molar-refractivity contribution in [1.29, 1.82) is 0 Å². The monoisotopic (exact) mass is 355 g/mol. The van der Waals surface area contributed by atoms with E-state index in [1.807, 2.05) is 6.07 Å². The van der Waals surface area contributed by atoms with Crippen molar-refractivity contribution in [2.45, 2.75) is 13.8 Å². The van der Waals surface area contributed by atoms with E-state index < -0.39 is 0 Å². The highest BCUT2D eigenvalue weighted by Gasteiger charge is 2.04. The summed E-state index contributed by atoms with van der Waals surface area (Å²) >= 11 is 0. The van der Waals surface area contributed by atoms with E-state index in [1.54, 1.807) is 56.5 Å². The second kappa shape index (κ2) is 9.22. The molecular formula is C19H21N3O4. The number of carbonyl (C=O) groups excluding carboxylic acids is 2. The fraction of sp³-hybridized carbons (Fsp3) is 0.211. The molecular weight excluding hydrogens is 334 g/mol. The van der Waals surface area contributed by atoms with Gasteiger partial charge in [-0.25, -0.2) is 5.43 Å². The van der Waals surface area contributed by atoms with E-state index >= 15 is 0 Å². The van der Waals surface area contributed by atoms with Gasteiger partial charge >= 0.3 is 0 Å². The van der Waals surface area contributed by atoms with E-state index in [9.17, 15) is 9.59 Å². The van der Waals surface area contributed by atoms with Crippen LogP contribution in [0.25, 0.3) is 0 Å². The molecule has 2 rings (SSSR count). The van der Waals surface area contributed by atoms with E-state index in [1.165, 1.54) is 6.92 Å². The molecule has 0 saturated heterocycles. The molecule has 2 aromatic rings. The third kappa shape index (κ3) is 5.94. The minimum atomic E-state index is -0.377. The first-order chi connectivity index (χ1) is 12.5. The molecule has 2 amide bonds. The number of nitrogens with one attached hydrogen (secondary N) is 2. The van der Waals surface area contributed by atoms with Crippen molar-refractivity contribution in [1.82, 2.24) is 5.43 Å². The van der Waals surface area contributed by atoms with Gasteiger partial charge in [0.2, 0.25) is 5.91 Å². The van der Waals surface area contributed by atoms with Crippen LogP contribution >= 0.6 is 0 Å². The van der Waals surface area contributed by atoms with Crippen LogP contribution in [0.3, 0.4) is 0 Å². The Morgan fingerprint density at radius 2 is 1.73 bits per heavy atom. The molecule has 0 fully saturated rings. The van der Waals surface area contributed by atoms with Crippen LogP contribution in [0.4, 0.5) is 5.69 Å². The highest BCUT2D eigenvalue weighted by Crippen LogP contribution is 2.16. The Labute approximate surface area is 152 Å². The Kier molecular flexibility index (Phi) is 6.73. The Morgan fingerprint density at radius 1 is 1.04 bits per heavy atom. The molecule has 7 heteroatoms. The van der Waals surface area contributed by atoms with Crippen LogP contribution in [-0.4, -0.2) is 31.2 Å². The van der Waals surface area contributed by atoms with Gasteiger partial charge in [-0.3, -0.25) is 9.59 Å². The zero-order valence-corrected chi connectivity index (χ0v) is 14.9. The van der Waals surface area contributed by atoms with Gasteiger partial charge in [0.25, 0.3) is 5.91 Å². The van der Waals surface area contributed by atoms with E-state index in [0.29, 0.717) is 22.9 Å². The third-order valence-electron chi connectivity index (χ3n) is 3.38. The molecule has 0 spiro atoms. The van der Waals surface area contributed by atoms with Gasteiger partial charge in [-0.2, -0.15) is 5.10 Å². The summed E-state index contributed by atoms with van der Waals surface area (Å²) in [5, 5.41) is 6.76. The van der Waals surface area contributed by atoms with Crippen molar-refractivity contribution in [3.63, 3.8) is 0 Å². The number of nitrogens with zero attached hydrogens (tertiary/aromatic N) is 1. The van der Waals surface area contributed by atoms with Crippen LogP contribution in [0.1, 0.15) is 19.4 Å². The van der Waals surface area contributed by atoms with Gasteiger partial charge in [0, 0.05) is 12.6 Å². The van der Waals surface area contributed by atoms with Crippen LogP contribution in [0.5, 0.6) is 11.5 Å². The van der Waals surface area contributed by atoms with Crippen molar-refractivity contribution in [2.75, 3.05) is 19.0 Å². The predicted octanol–water partition coefficient (Wildman–Crippen LogP) is 2.57. The van der Waals surface area contributed by atoms with Gasteiger partial charge < -0.3 is 14.8 Å². The van der Waals surface area contributed by atoms with Crippen molar-refractivity contribution < 1.29 is 19.1 Å². The van der Waals surface area contributed by atoms with Crippen LogP contribution in [0.15, 0.2) is 53.6 Å². The predicted molar refractivity (Wildman–Crippen MR) is 99.6 cm³/mol. The topological polar surface area (TPSA) is 89.0 Å². The molecule has 0 radical (unpaired) electrons. The van der Waals surface area contributed by atoms with Crippen LogP contribution in [0, 0.1) is 0 Å². The van der Waals surface area contributed by atoms with E-state index in [0.717, 1.165) is 5.56 Å². The third-order valence-corrected chi connectivity index (χ3v) is 3.38. The number of ether oxygens (including phenoxy) is 2. The molecule has 26 heavy (non-hydrogen) atoms. The van der Waals surface area contributed by atoms with Gasteiger partial charge in [-0.15, -0.1) is 0 Å². The summed E-state index contributed by atoms with van der Waals surface area (Å²) in [7, 11) is 1.58. The number of hydrogen-bond donors (Lipinski definition) is 2. The molecule has 136 valence electrons. The van der Waals surface area contributed by atoms with Crippen molar-refractivity contribution in [3.05, 3.63) is 54.1 Å². The normalized spacial score (nSPS) is 10.8. The summed E-state index contributed by atoms with van der Waals surface area (Å²) in [4.78, 5) is 23.0. The van der Waals surface area contributed by atoms with Gasteiger partial charge in [0.05, 0.1) is 12.8 Å². The van der Waals surface area contributed by atoms with Crippen molar-refractivity contribution in [2.24, 2.45) is 5.10 Å². The number of rotatable bonds is 7. The maximum atomic E-state index is 11.9. The van der Waals surface area contributed by atoms with Crippen molar-refractivity contribution in [3.8, 4) is 11.5 Å². The average Bonchev–Trinajstić information content (AvgIpc) is 2.64. The van der Waals surface area contributed by atoms with Crippen LogP contribution < -0.4 is 20.2 Å². The number of anilines is 1. The highest BCUT2D eigenvalue weighted by molar-refractivity contribution is 6.00.